The predicted octanol–water partition coefficient (Wildman–Crippen LogP) is 2.31. The Kier molecular flexibility index (Phi) is 3.71. The average Bonchev–Trinajstić information content (AvgIpc) is 3.18. The minimum Gasteiger partial charge on any atom is -0.444 e. The number of hydrogen-bond acceptors (Lipinski definition) is 7. The van der Waals surface area contributed by atoms with Crippen LogP contribution in [0.4, 0.5) is 4.79 Å². The van der Waals surface area contributed by atoms with Crippen LogP contribution in [-0.2, 0) is 17.8 Å². The molecule has 4 rings (SSSR count). The van der Waals surface area contributed by atoms with Crippen LogP contribution in [0.25, 0.3) is 11.0 Å². The first kappa shape index (κ1) is 16.2. The Morgan fingerprint density at radius 3 is 2.77 bits per heavy atom. The number of para-hydroxylation sites is 1. The van der Waals surface area contributed by atoms with Gasteiger partial charge in [-0.05, 0) is 38.1 Å². The third kappa shape index (κ3) is 3.03. The van der Waals surface area contributed by atoms with Crippen LogP contribution >= 0.6 is 0 Å². The topological polar surface area (TPSA) is 95.3 Å². The Morgan fingerprint density at radius 1 is 1.15 bits per heavy atom. The second-order valence-electron chi connectivity index (χ2n) is 6.98. The van der Waals surface area contributed by atoms with E-state index < -0.39 is 11.7 Å². The molecule has 0 aliphatic carbocycles. The fourth-order valence-electron chi connectivity index (χ4n) is 2.68. The molecule has 0 saturated carbocycles. The first-order valence-electron chi connectivity index (χ1n) is 8.20. The second-order valence-corrected chi connectivity index (χ2v) is 6.98. The molecule has 26 heavy (non-hydrogen) atoms. The first-order chi connectivity index (χ1) is 12.4. The van der Waals surface area contributed by atoms with Crippen LogP contribution in [0.3, 0.4) is 0 Å². The van der Waals surface area contributed by atoms with E-state index in [9.17, 15) is 4.79 Å². The van der Waals surface area contributed by atoms with E-state index in [4.69, 9.17) is 9.57 Å². The van der Waals surface area contributed by atoms with Crippen molar-refractivity contribution < 1.29 is 14.4 Å². The highest BCUT2D eigenvalue weighted by molar-refractivity contribution is 5.73. The summed E-state index contributed by atoms with van der Waals surface area (Å²) >= 11 is 0. The molecule has 0 radical (unpaired) electrons. The Bertz CT molecular complexity index is 978. The van der Waals surface area contributed by atoms with Crippen LogP contribution in [0.2, 0.25) is 0 Å². The lowest BCUT2D eigenvalue weighted by Gasteiger charge is -2.23. The summed E-state index contributed by atoms with van der Waals surface area (Å²) in [6.07, 6.45) is 1.01. The zero-order valence-corrected chi connectivity index (χ0v) is 14.7. The van der Waals surface area contributed by atoms with Crippen LogP contribution < -0.4 is 4.84 Å². The van der Waals surface area contributed by atoms with Crippen molar-refractivity contribution in [2.45, 2.75) is 39.5 Å². The SMILES string of the molecule is CC(C)(C)OC(=O)N1Cc2ncnc(On3nnc4ccccc43)c2C1. The molecule has 0 spiro atoms. The Labute approximate surface area is 149 Å². The molecule has 1 aromatic carbocycles. The number of aromatic nitrogens is 5. The minimum atomic E-state index is -0.559. The summed E-state index contributed by atoms with van der Waals surface area (Å²) in [7, 11) is 0. The van der Waals surface area contributed by atoms with Crippen LogP contribution in [0.1, 0.15) is 32.0 Å². The molecule has 0 N–H and O–H groups in total. The van der Waals surface area contributed by atoms with Crippen molar-refractivity contribution in [1.29, 1.82) is 0 Å². The van der Waals surface area contributed by atoms with Crippen molar-refractivity contribution in [3.05, 3.63) is 41.9 Å². The molecule has 9 nitrogen and oxygen atoms in total. The van der Waals surface area contributed by atoms with Gasteiger partial charge in [-0.25, -0.2) is 9.78 Å². The molecule has 3 heterocycles. The molecule has 2 aromatic heterocycles. The quantitative estimate of drug-likeness (QED) is 0.697. The van der Waals surface area contributed by atoms with Gasteiger partial charge in [0.25, 0.3) is 5.88 Å². The zero-order valence-electron chi connectivity index (χ0n) is 14.7. The zero-order chi connectivity index (χ0) is 18.3. The standard InChI is InChI=1S/C17H18N6O3/c1-17(2,3)25-16(24)22-8-11-13(9-22)18-10-19-15(11)26-23-14-7-5-4-6-12(14)20-21-23/h4-7,10H,8-9H2,1-3H3. The van der Waals surface area contributed by atoms with E-state index in [0.29, 0.717) is 24.5 Å². The van der Waals surface area contributed by atoms with E-state index in [1.54, 1.807) is 4.90 Å². The van der Waals surface area contributed by atoms with Crippen molar-refractivity contribution >= 4 is 17.1 Å². The number of hydrogen-bond donors (Lipinski definition) is 0. The summed E-state index contributed by atoms with van der Waals surface area (Å²) in [6, 6.07) is 7.45. The molecule has 0 saturated heterocycles. The lowest BCUT2D eigenvalue weighted by atomic mass is 10.2. The van der Waals surface area contributed by atoms with Gasteiger partial charge in [0.05, 0.1) is 24.3 Å². The lowest BCUT2D eigenvalue weighted by Crippen LogP contribution is -2.33. The first-order valence-corrected chi connectivity index (χ1v) is 8.20. The van der Waals surface area contributed by atoms with Crippen LogP contribution in [0.15, 0.2) is 30.6 Å². The number of carbonyl (C=O) groups is 1. The largest absolute Gasteiger partial charge is 0.444 e. The van der Waals surface area contributed by atoms with Crippen molar-refractivity contribution in [2.75, 3.05) is 0 Å². The fourth-order valence-corrected chi connectivity index (χ4v) is 2.68. The van der Waals surface area contributed by atoms with Crippen molar-refractivity contribution in [1.82, 2.24) is 30.0 Å². The van der Waals surface area contributed by atoms with E-state index in [0.717, 1.165) is 16.8 Å². The number of fused-ring (bicyclic) bond motifs is 2. The molecule has 1 aliphatic heterocycles. The number of nitrogens with zero attached hydrogens (tertiary/aromatic N) is 6. The van der Waals surface area contributed by atoms with Gasteiger partial charge in [-0.1, -0.05) is 17.0 Å². The van der Waals surface area contributed by atoms with Gasteiger partial charge in [-0.2, -0.15) is 4.98 Å². The third-order valence-corrected chi connectivity index (χ3v) is 3.83. The molecule has 0 atom stereocenters. The summed E-state index contributed by atoms with van der Waals surface area (Å²) in [5, 5.41) is 8.05. The van der Waals surface area contributed by atoms with Gasteiger partial charge in [-0.15, -0.1) is 5.10 Å². The van der Waals surface area contributed by atoms with Gasteiger partial charge in [-0.3, -0.25) is 4.90 Å². The van der Waals surface area contributed by atoms with Gasteiger partial charge in [0, 0.05) is 0 Å². The molecule has 0 bridgehead atoms. The average molecular weight is 354 g/mol. The molecule has 3 aromatic rings. The lowest BCUT2D eigenvalue weighted by molar-refractivity contribution is 0.0239. The number of carbonyl (C=O) groups excluding carboxylic acids is 1. The summed E-state index contributed by atoms with van der Waals surface area (Å²) in [4.78, 5) is 29.5. The maximum absolute atomic E-state index is 12.3. The number of ether oxygens (including phenoxy) is 1. The molecular weight excluding hydrogens is 336 g/mol. The highest BCUT2D eigenvalue weighted by atomic mass is 16.7. The van der Waals surface area contributed by atoms with Gasteiger partial charge in [0.15, 0.2) is 0 Å². The van der Waals surface area contributed by atoms with E-state index in [-0.39, 0.29) is 0 Å². The minimum absolute atomic E-state index is 0.313. The molecule has 1 aliphatic rings. The van der Waals surface area contributed by atoms with Gasteiger partial charge in [0.1, 0.15) is 23.0 Å². The molecule has 1 amide bonds. The highest BCUT2D eigenvalue weighted by Gasteiger charge is 2.31. The van der Waals surface area contributed by atoms with Gasteiger partial charge >= 0.3 is 6.09 Å². The maximum Gasteiger partial charge on any atom is 0.410 e. The van der Waals surface area contributed by atoms with Crippen LogP contribution in [0.5, 0.6) is 5.88 Å². The predicted molar refractivity (Wildman–Crippen MR) is 91.1 cm³/mol. The van der Waals surface area contributed by atoms with Crippen LogP contribution in [-0.4, -0.2) is 41.7 Å². The van der Waals surface area contributed by atoms with Crippen molar-refractivity contribution in [2.24, 2.45) is 0 Å². The Hall–Kier alpha value is -3.23. The van der Waals surface area contributed by atoms with E-state index in [1.807, 2.05) is 45.0 Å². The van der Waals surface area contributed by atoms with Gasteiger partial charge < -0.3 is 9.57 Å². The second kappa shape index (κ2) is 5.94. The number of amides is 1. The van der Waals surface area contributed by atoms with E-state index in [1.165, 1.54) is 11.2 Å². The number of rotatable bonds is 2. The summed E-state index contributed by atoms with van der Waals surface area (Å²) < 4.78 is 5.43. The summed E-state index contributed by atoms with van der Waals surface area (Å²) in [6.45, 7) is 6.16. The van der Waals surface area contributed by atoms with E-state index in [2.05, 4.69) is 20.3 Å². The monoisotopic (exact) mass is 354 g/mol. The molecule has 134 valence electrons. The Morgan fingerprint density at radius 2 is 1.96 bits per heavy atom. The maximum atomic E-state index is 12.3. The molecular formula is C17H18N6O3. The van der Waals surface area contributed by atoms with E-state index >= 15 is 0 Å². The highest BCUT2D eigenvalue weighted by Crippen LogP contribution is 2.29. The Balaban J connectivity index is 1.58. The molecule has 0 fully saturated rings. The smallest absolute Gasteiger partial charge is 0.410 e. The molecule has 9 heteroatoms. The molecule has 0 unspecified atom stereocenters. The van der Waals surface area contributed by atoms with Crippen LogP contribution in [0, 0.1) is 0 Å². The summed E-state index contributed by atoms with van der Waals surface area (Å²) in [5.74, 6) is 0.344. The fraction of sp³-hybridized carbons (Fsp3) is 0.353. The number of benzene rings is 1. The van der Waals surface area contributed by atoms with Gasteiger partial charge in [0.2, 0.25) is 0 Å². The normalized spacial score (nSPS) is 13.7. The van der Waals surface area contributed by atoms with Crippen molar-refractivity contribution in [3.8, 4) is 5.88 Å². The van der Waals surface area contributed by atoms with Crippen molar-refractivity contribution in [3.63, 3.8) is 0 Å². The summed E-state index contributed by atoms with van der Waals surface area (Å²) in [5.41, 5.74) is 2.34. The third-order valence-electron chi connectivity index (χ3n) is 3.83.